The molecule has 0 spiro atoms. The van der Waals surface area contributed by atoms with E-state index in [0.29, 0.717) is 17.5 Å². The molecule has 0 bridgehead atoms. The fraction of sp³-hybridized carbons (Fsp3) is 0. The number of benzene rings is 8. The van der Waals surface area contributed by atoms with Crippen molar-refractivity contribution in [3.63, 3.8) is 0 Å². The van der Waals surface area contributed by atoms with Gasteiger partial charge in [0.25, 0.3) is 0 Å². The van der Waals surface area contributed by atoms with E-state index in [1.807, 2.05) is 42.5 Å². The van der Waals surface area contributed by atoms with E-state index in [0.717, 1.165) is 44.3 Å². The van der Waals surface area contributed by atoms with Gasteiger partial charge in [-0.2, -0.15) is 0 Å². The standard InChI is InChI=1S/C49H32N4/c1-3-13-33(14-4-1)34-23-25-35(26-24-34)41-17-7-8-20-44(41)49-51-47(36-15-5-2-6-16-36)50-48(52-49)39-28-27-38-32-40(30-29-37(38)31-39)53-45-21-11-9-18-42(45)43-19-10-12-22-46(43)53/h1-32H. The van der Waals surface area contributed by atoms with E-state index in [1.54, 1.807) is 0 Å². The highest BCUT2D eigenvalue weighted by molar-refractivity contribution is 6.09. The molecule has 0 atom stereocenters. The van der Waals surface area contributed by atoms with E-state index in [2.05, 4.69) is 156 Å². The average molecular weight is 677 g/mol. The van der Waals surface area contributed by atoms with Crippen LogP contribution in [0.3, 0.4) is 0 Å². The molecule has 0 aliphatic rings. The van der Waals surface area contributed by atoms with E-state index in [9.17, 15) is 0 Å². The predicted molar refractivity (Wildman–Crippen MR) is 219 cm³/mol. The van der Waals surface area contributed by atoms with Gasteiger partial charge in [-0.15, -0.1) is 0 Å². The molecule has 2 heterocycles. The van der Waals surface area contributed by atoms with Crippen molar-refractivity contribution in [1.82, 2.24) is 19.5 Å². The van der Waals surface area contributed by atoms with Crippen LogP contribution >= 0.6 is 0 Å². The van der Waals surface area contributed by atoms with Gasteiger partial charge in [0, 0.05) is 33.2 Å². The summed E-state index contributed by atoms with van der Waals surface area (Å²) in [6.45, 7) is 0. The van der Waals surface area contributed by atoms with E-state index in [-0.39, 0.29) is 0 Å². The highest BCUT2D eigenvalue weighted by atomic mass is 15.0. The lowest BCUT2D eigenvalue weighted by molar-refractivity contribution is 1.07. The fourth-order valence-corrected chi connectivity index (χ4v) is 7.46. The second-order valence-corrected chi connectivity index (χ2v) is 13.3. The Hall–Kier alpha value is -7.17. The third-order valence-electron chi connectivity index (χ3n) is 10.1. The molecular formula is C49H32N4. The van der Waals surface area contributed by atoms with Crippen molar-refractivity contribution in [2.75, 3.05) is 0 Å². The van der Waals surface area contributed by atoms with Gasteiger partial charge in [0.2, 0.25) is 0 Å². The zero-order chi connectivity index (χ0) is 35.1. The summed E-state index contributed by atoms with van der Waals surface area (Å²) in [4.78, 5) is 15.3. The Morgan fingerprint density at radius 3 is 1.47 bits per heavy atom. The monoisotopic (exact) mass is 676 g/mol. The molecule has 248 valence electrons. The van der Waals surface area contributed by atoms with Crippen LogP contribution in [0.25, 0.3) is 94.7 Å². The van der Waals surface area contributed by atoms with Crippen molar-refractivity contribution >= 4 is 32.6 Å². The van der Waals surface area contributed by atoms with Gasteiger partial charge in [-0.05, 0) is 63.4 Å². The Kier molecular flexibility index (Phi) is 7.43. The Bertz CT molecular complexity index is 2880. The second-order valence-electron chi connectivity index (χ2n) is 13.3. The minimum atomic E-state index is 0.636. The normalized spacial score (nSPS) is 11.4. The Labute approximate surface area is 307 Å². The first-order valence-corrected chi connectivity index (χ1v) is 17.9. The van der Waals surface area contributed by atoms with Crippen LogP contribution < -0.4 is 0 Å². The molecule has 0 fully saturated rings. The molecule has 0 saturated heterocycles. The summed E-state index contributed by atoms with van der Waals surface area (Å²) in [5, 5.41) is 4.78. The van der Waals surface area contributed by atoms with Crippen molar-refractivity contribution < 1.29 is 0 Å². The average Bonchev–Trinajstić information content (AvgIpc) is 3.58. The summed E-state index contributed by atoms with van der Waals surface area (Å²) in [6.07, 6.45) is 0. The van der Waals surface area contributed by atoms with Crippen LogP contribution in [0, 0.1) is 0 Å². The molecule has 2 aromatic heterocycles. The number of hydrogen-bond donors (Lipinski definition) is 0. The second kappa shape index (κ2) is 12.9. The van der Waals surface area contributed by atoms with Crippen LogP contribution in [0.4, 0.5) is 0 Å². The molecule has 0 amide bonds. The maximum absolute atomic E-state index is 5.16. The maximum atomic E-state index is 5.16. The molecule has 10 rings (SSSR count). The van der Waals surface area contributed by atoms with Crippen LogP contribution in [-0.4, -0.2) is 19.5 Å². The quantitative estimate of drug-likeness (QED) is 0.176. The van der Waals surface area contributed by atoms with Crippen LogP contribution in [0.15, 0.2) is 194 Å². The predicted octanol–water partition coefficient (Wildman–Crippen LogP) is 12.5. The highest BCUT2D eigenvalue weighted by Crippen LogP contribution is 2.36. The van der Waals surface area contributed by atoms with Gasteiger partial charge < -0.3 is 4.57 Å². The van der Waals surface area contributed by atoms with E-state index < -0.39 is 0 Å². The number of aromatic nitrogens is 4. The fourth-order valence-electron chi connectivity index (χ4n) is 7.46. The van der Waals surface area contributed by atoms with Crippen molar-refractivity contribution in [3.05, 3.63) is 194 Å². The number of rotatable bonds is 6. The Morgan fingerprint density at radius 1 is 0.302 bits per heavy atom. The van der Waals surface area contributed by atoms with E-state index in [4.69, 9.17) is 15.0 Å². The van der Waals surface area contributed by atoms with Gasteiger partial charge in [0.15, 0.2) is 17.5 Å². The van der Waals surface area contributed by atoms with Gasteiger partial charge in [-0.3, -0.25) is 0 Å². The summed E-state index contributed by atoms with van der Waals surface area (Å²) in [6, 6.07) is 68.1. The Balaban J connectivity index is 1.08. The molecule has 0 saturated carbocycles. The SMILES string of the molecule is c1ccc(-c2ccc(-c3ccccc3-c3nc(-c4ccccc4)nc(-c4ccc5cc(-n6c7ccccc7c7ccccc76)ccc5c4)n3)cc2)cc1. The first kappa shape index (κ1) is 30.6. The van der Waals surface area contributed by atoms with Gasteiger partial charge in [-0.25, -0.2) is 15.0 Å². The van der Waals surface area contributed by atoms with E-state index >= 15 is 0 Å². The highest BCUT2D eigenvalue weighted by Gasteiger charge is 2.17. The van der Waals surface area contributed by atoms with Crippen molar-refractivity contribution in [2.24, 2.45) is 0 Å². The summed E-state index contributed by atoms with van der Waals surface area (Å²) in [7, 11) is 0. The van der Waals surface area contributed by atoms with Gasteiger partial charge >= 0.3 is 0 Å². The molecule has 10 aromatic rings. The smallest absolute Gasteiger partial charge is 0.164 e. The lowest BCUT2D eigenvalue weighted by Crippen LogP contribution is -2.01. The molecule has 0 N–H and O–H groups in total. The molecule has 0 unspecified atom stereocenters. The molecule has 4 nitrogen and oxygen atoms in total. The summed E-state index contributed by atoms with van der Waals surface area (Å²) in [5.41, 5.74) is 10.9. The summed E-state index contributed by atoms with van der Waals surface area (Å²) in [5.74, 6) is 1.91. The maximum Gasteiger partial charge on any atom is 0.164 e. The van der Waals surface area contributed by atoms with Gasteiger partial charge in [-0.1, -0.05) is 164 Å². The van der Waals surface area contributed by atoms with Gasteiger partial charge in [0.1, 0.15) is 0 Å². The largest absolute Gasteiger partial charge is 0.309 e. The molecule has 0 aliphatic heterocycles. The Morgan fingerprint density at radius 2 is 0.774 bits per heavy atom. The topological polar surface area (TPSA) is 43.6 Å². The zero-order valence-corrected chi connectivity index (χ0v) is 28.8. The van der Waals surface area contributed by atoms with Gasteiger partial charge in [0.05, 0.1) is 11.0 Å². The first-order chi connectivity index (χ1) is 26.3. The number of para-hydroxylation sites is 2. The minimum absolute atomic E-state index is 0.636. The third kappa shape index (κ3) is 5.54. The number of hydrogen-bond acceptors (Lipinski definition) is 3. The van der Waals surface area contributed by atoms with Crippen molar-refractivity contribution in [2.45, 2.75) is 0 Å². The number of nitrogens with zero attached hydrogens (tertiary/aromatic N) is 4. The van der Waals surface area contributed by atoms with Crippen LogP contribution in [0.5, 0.6) is 0 Å². The summed E-state index contributed by atoms with van der Waals surface area (Å²) >= 11 is 0. The lowest BCUT2D eigenvalue weighted by Gasteiger charge is -2.13. The zero-order valence-electron chi connectivity index (χ0n) is 28.8. The first-order valence-electron chi connectivity index (χ1n) is 17.9. The number of fused-ring (bicyclic) bond motifs is 4. The van der Waals surface area contributed by atoms with E-state index in [1.165, 1.54) is 32.9 Å². The molecule has 0 aliphatic carbocycles. The summed E-state index contributed by atoms with van der Waals surface area (Å²) < 4.78 is 2.36. The van der Waals surface area contributed by atoms with Crippen molar-refractivity contribution in [3.8, 4) is 62.1 Å². The van der Waals surface area contributed by atoms with Crippen LogP contribution in [0.2, 0.25) is 0 Å². The third-order valence-corrected chi connectivity index (χ3v) is 10.1. The molecule has 8 aromatic carbocycles. The molecule has 0 radical (unpaired) electrons. The molecular weight excluding hydrogens is 645 g/mol. The van der Waals surface area contributed by atoms with Crippen LogP contribution in [0.1, 0.15) is 0 Å². The lowest BCUT2D eigenvalue weighted by atomic mass is 9.96. The minimum Gasteiger partial charge on any atom is -0.309 e. The molecule has 4 heteroatoms. The van der Waals surface area contributed by atoms with Crippen molar-refractivity contribution in [1.29, 1.82) is 0 Å². The molecule has 53 heavy (non-hydrogen) atoms. The van der Waals surface area contributed by atoms with Crippen LogP contribution in [-0.2, 0) is 0 Å².